The zero-order valence-corrected chi connectivity index (χ0v) is 16.5. The van der Waals surface area contributed by atoms with Gasteiger partial charge in [0.05, 0.1) is 12.1 Å². The van der Waals surface area contributed by atoms with E-state index in [9.17, 15) is 22.8 Å². The molecule has 2 fully saturated rings. The first-order valence-electron chi connectivity index (χ1n) is 9.99. The summed E-state index contributed by atoms with van der Waals surface area (Å²) >= 11 is 0. The van der Waals surface area contributed by atoms with Crippen molar-refractivity contribution in [3.8, 4) is 0 Å². The number of urea groups is 1. The van der Waals surface area contributed by atoms with Crippen LogP contribution >= 0.6 is 0 Å². The molecule has 9 heteroatoms. The monoisotopic (exact) mass is 412 g/mol. The number of piperazine rings is 1. The minimum Gasteiger partial charge on any atom is -0.339 e. The van der Waals surface area contributed by atoms with Gasteiger partial charge in [-0.2, -0.15) is 13.2 Å². The molecule has 3 rings (SSSR count). The van der Waals surface area contributed by atoms with E-state index in [2.05, 4.69) is 12.2 Å². The Morgan fingerprint density at radius 2 is 1.83 bits per heavy atom. The molecule has 0 saturated carbocycles. The van der Waals surface area contributed by atoms with Crippen LogP contribution in [-0.4, -0.2) is 71.9 Å². The summed E-state index contributed by atoms with van der Waals surface area (Å²) in [6, 6.07) is 4.43. The topological polar surface area (TPSA) is 55.9 Å². The largest absolute Gasteiger partial charge is 0.416 e. The summed E-state index contributed by atoms with van der Waals surface area (Å²) in [4.78, 5) is 30.5. The zero-order valence-electron chi connectivity index (χ0n) is 16.5. The second kappa shape index (κ2) is 9.02. The lowest BCUT2D eigenvalue weighted by atomic mass is 10.0. The fraction of sp³-hybridized carbons (Fsp3) is 0.600. The highest BCUT2D eigenvalue weighted by Crippen LogP contribution is 2.30. The van der Waals surface area contributed by atoms with Crippen molar-refractivity contribution in [3.63, 3.8) is 0 Å². The van der Waals surface area contributed by atoms with Crippen molar-refractivity contribution in [1.29, 1.82) is 0 Å². The first-order valence-corrected chi connectivity index (χ1v) is 9.99. The van der Waals surface area contributed by atoms with Crippen LogP contribution in [0.5, 0.6) is 0 Å². The normalized spacial score (nSPS) is 21.2. The van der Waals surface area contributed by atoms with Gasteiger partial charge in [-0.25, -0.2) is 4.79 Å². The number of benzene rings is 1. The molecule has 1 atom stereocenters. The summed E-state index contributed by atoms with van der Waals surface area (Å²) in [6.45, 7) is 5.19. The summed E-state index contributed by atoms with van der Waals surface area (Å²) in [5.74, 6) is 0.124. The fourth-order valence-electron chi connectivity index (χ4n) is 3.84. The van der Waals surface area contributed by atoms with Crippen LogP contribution in [0, 0.1) is 0 Å². The second-order valence-electron chi connectivity index (χ2n) is 7.70. The lowest BCUT2D eigenvalue weighted by molar-refractivity contribution is -0.137. The number of amides is 3. The van der Waals surface area contributed by atoms with Crippen molar-refractivity contribution < 1.29 is 22.8 Å². The molecule has 0 radical (unpaired) electrons. The Morgan fingerprint density at radius 3 is 2.48 bits per heavy atom. The molecular formula is C20H27F3N4O2. The van der Waals surface area contributed by atoms with E-state index in [0.29, 0.717) is 32.7 Å². The number of nitrogens with one attached hydrogen (secondary N) is 1. The van der Waals surface area contributed by atoms with Crippen LogP contribution in [0.1, 0.15) is 31.7 Å². The molecule has 2 saturated heterocycles. The van der Waals surface area contributed by atoms with Crippen molar-refractivity contribution in [2.75, 3.05) is 44.6 Å². The van der Waals surface area contributed by atoms with Gasteiger partial charge in [0.2, 0.25) is 5.91 Å². The van der Waals surface area contributed by atoms with E-state index < -0.39 is 17.8 Å². The quantitative estimate of drug-likeness (QED) is 0.829. The number of carbonyl (C=O) groups excluding carboxylic acids is 2. The molecule has 0 aromatic heterocycles. The number of carbonyl (C=O) groups is 2. The molecule has 6 nitrogen and oxygen atoms in total. The smallest absolute Gasteiger partial charge is 0.339 e. The maximum atomic E-state index is 12.8. The van der Waals surface area contributed by atoms with Crippen molar-refractivity contribution in [2.24, 2.45) is 0 Å². The Morgan fingerprint density at radius 1 is 1.10 bits per heavy atom. The Hall–Kier alpha value is -2.29. The number of alkyl halides is 3. The Bertz CT molecular complexity index is 733. The van der Waals surface area contributed by atoms with Gasteiger partial charge in [-0.05, 0) is 44.4 Å². The molecule has 29 heavy (non-hydrogen) atoms. The molecule has 0 spiro atoms. The standard InChI is InChI=1S/C20H27F3N4O2/c1-15-5-2-3-8-27(15)18(28)14-25-9-11-26(12-10-25)19(29)24-17-7-4-6-16(13-17)20(21,22)23/h4,6-7,13,15H,2-3,5,8-12,14H2,1H3,(H,24,29)/t15-/m1/s1. The third-order valence-electron chi connectivity index (χ3n) is 5.58. The first kappa shape index (κ1) is 21.4. The highest BCUT2D eigenvalue weighted by molar-refractivity contribution is 5.89. The summed E-state index contributed by atoms with van der Waals surface area (Å²) in [6.07, 6.45) is -1.22. The van der Waals surface area contributed by atoms with Crippen LogP contribution in [0.4, 0.5) is 23.7 Å². The van der Waals surface area contributed by atoms with Crippen LogP contribution in [0.2, 0.25) is 0 Å². The molecule has 0 bridgehead atoms. The van der Waals surface area contributed by atoms with E-state index in [1.54, 1.807) is 4.90 Å². The zero-order chi connectivity index (χ0) is 21.0. The number of halogens is 3. The molecular weight excluding hydrogens is 385 g/mol. The first-order chi connectivity index (χ1) is 13.7. The SMILES string of the molecule is C[C@@H]1CCCCN1C(=O)CN1CCN(C(=O)Nc2cccc(C(F)(F)F)c2)CC1. The van der Waals surface area contributed by atoms with E-state index >= 15 is 0 Å². The van der Waals surface area contributed by atoms with Crippen LogP contribution < -0.4 is 5.32 Å². The van der Waals surface area contributed by atoms with E-state index in [0.717, 1.165) is 37.9 Å². The Labute approximate surface area is 168 Å². The molecule has 2 aliphatic rings. The lowest BCUT2D eigenvalue weighted by Gasteiger charge is -2.38. The molecule has 2 heterocycles. The minimum absolute atomic E-state index is 0.113. The summed E-state index contributed by atoms with van der Waals surface area (Å²) in [7, 11) is 0. The van der Waals surface area contributed by atoms with Gasteiger partial charge in [0.1, 0.15) is 0 Å². The van der Waals surface area contributed by atoms with Gasteiger partial charge in [0.25, 0.3) is 0 Å². The van der Waals surface area contributed by atoms with Crippen LogP contribution in [0.25, 0.3) is 0 Å². The van der Waals surface area contributed by atoms with Gasteiger partial charge in [-0.3, -0.25) is 9.69 Å². The lowest BCUT2D eigenvalue weighted by Crippen LogP contribution is -2.53. The van der Waals surface area contributed by atoms with Gasteiger partial charge in [0.15, 0.2) is 0 Å². The molecule has 0 aliphatic carbocycles. The molecule has 1 aromatic carbocycles. The van der Waals surface area contributed by atoms with Gasteiger partial charge >= 0.3 is 12.2 Å². The van der Waals surface area contributed by atoms with Gasteiger partial charge < -0.3 is 15.1 Å². The Balaban J connectivity index is 1.48. The van der Waals surface area contributed by atoms with E-state index in [-0.39, 0.29) is 17.6 Å². The molecule has 2 aliphatic heterocycles. The predicted molar refractivity (Wildman–Crippen MR) is 104 cm³/mol. The average Bonchev–Trinajstić information content (AvgIpc) is 2.68. The molecule has 1 aromatic rings. The summed E-state index contributed by atoms with van der Waals surface area (Å²) in [5, 5.41) is 2.53. The number of hydrogen-bond donors (Lipinski definition) is 1. The fourth-order valence-corrected chi connectivity index (χ4v) is 3.84. The maximum absolute atomic E-state index is 12.8. The molecule has 1 N–H and O–H groups in total. The third-order valence-corrected chi connectivity index (χ3v) is 5.58. The van der Waals surface area contributed by atoms with E-state index in [4.69, 9.17) is 0 Å². The van der Waals surface area contributed by atoms with Crippen LogP contribution in [-0.2, 0) is 11.0 Å². The second-order valence-corrected chi connectivity index (χ2v) is 7.70. The summed E-state index contributed by atoms with van der Waals surface area (Å²) < 4.78 is 38.4. The molecule has 160 valence electrons. The van der Waals surface area contributed by atoms with Crippen LogP contribution in [0.15, 0.2) is 24.3 Å². The highest BCUT2D eigenvalue weighted by Gasteiger charge is 2.31. The summed E-state index contributed by atoms with van der Waals surface area (Å²) in [5.41, 5.74) is -0.688. The van der Waals surface area contributed by atoms with Gasteiger partial charge in [-0.1, -0.05) is 6.07 Å². The number of nitrogens with zero attached hydrogens (tertiary/aromatic N) is 3. The molecule has 3 amide bonds. The van der Waals surface area contributed by atoms with Crippen molar-refractivity contribution in [2.45, 2.75) is 38.4 Å². The Kier molecular flexibility index (Phi) is 6.66. The van der Waals surface area contributed by atoms with Gasteiger partial charge in [-0.15, -0.1) is 0 Å². The number of anilines is 1. The van der Waals surface area contributed by atoms with Crippen molar-refractivity contribution >= 4 is 17.6 Å². The number of rotatable bonds is 3. The molecule has 0 unspecified atom stereocenters. The van der Waals surface area contributed by atoms with Crippen molar-refractivity contribution in [1.82, 2.24) is 14.7 Å². The minimum atomic E-state index is -4.45. The third kappa shape index (κ3) is 5.62. The van der Waals surface area contributed by atoms with E-state index in [1.165, 1.54) is 12.1 Å². The predicted octanol–water partition coefficient (Wildman–Crippen LogP) is 3.26. The van der Waals surface area contributed by atoms with E-state index in [1.807, 2.05) is 9.80 Å². The number of likely N-dealkylation sites (tertiary alicyclic amines) is 1. The number of piperidine rings is 1. The number of hydrogen-bond acceptors (Lipinski definition) is 3. The highest BCUT2D eigenvalue weighted by atomic mass is 19.4. The van der Waals surface area contributed by atoms with Gasteiger partial charge in [0, 0.05) is 44.5 Å². The van der Waals surface area contributed by atoms with Crippen LogP contribution in [0.3, 0.4) is 0 Å². The van der Waals surface area contributed by atoms with Crippen molar-refractivity contribution in [3.05, 3.63) is 29.8 Å². The maximum Gasteiger partial charge on any atom is 0.416 e. The average molecular weight is 412 g/mol.